The molecule has 0 spiro atoms. The van der Waals surface area contributed by atoms with Crippen LogP contribution in [0.2, 0.25) is 0 Å². The number of nitrogens with zero attached hydrogens (tertiary/aromatic N) is 3. The number of carbonyl (C=O) groups excluding carboxylic acids is 2. The van der Waals surface area contributed by atoms with Gasteiger partial charge in [-0.05, 0) is 85.6 Å². The predicted octanol–water partition coefficient (Wildman–Crippen LogP) is 5.66. The third-order valence-electron chi connectivity index (χ3n) is 10.4. The van der Waals surface area contributed by atoms with Gasteiger partial charge in [0.15, 0.2) is 11.2 Å². The lowest BCUT2D eigenvalue weighted by Gasteiger charge is -2.57. The van der Waals surface area contributed by atoms with Gasteiger partial charge in [0.2, 0.25) is 0 Å². The highest BCUT2D eigenvalue weighted by Gasteiger charge is 2.66. The van der Waals surface area contributed by atoms with Crippen LogP contribution in [0.4, 0.5) is 5.69 Å². The molecule has 8 rings (SSSR count). The van der Waals surface area contributed by atoms with E-state index in [0.29, 0.717) is 23.3 Å². The average Bonchev–Trinajstić information content (AvgIpc) is 3.26. The first kappa shape index (κ1) is 24.2. The molecule has 6 heteroatoms. The smallest absolute Gasteiger partial charge is 0.337 e. The second-order valence-corrected chi connectivity index (χ2v) is 12.5. The lowest BCUT2D eigenvalue weighted by Crippen LogP contribution is -2.56. The van der Waals surface area contributed by atoms with Crippen LogP contribution in [0.1, 0.15) is 65.9 Å². The average molecular weight is 518 g/mol. The van der Waals surface area contributed by atoms with Crippen molar-refractivity contribution in [3.05, 3.63) is 71.3 Å². The molecule has 196 valence electrons. The molecule has 0 N–H and O–H groups in total. The van der Waals surface area contributed by atoms with Crippen molar-refractivity contribution in [2.24, 2.45) is 28.6 Å². The fourth-order valence-electron chi connectivity index (χ4n) is 9.28. The number of anilines is 1. The molecule has 5 fully saturated rings. The van der Waals surface area contributed by atoms with Gasteiger partial charge < -0.3 is 9.64 Å². The Kier molecular flexibility index (Phi) is 5.30. The number of carbonyl (C=O) groups is 2. The third kappa shape index (κ3) is 3.31. The van der Waals surface area contributed by atoms with Crippen LogP contribution >= 0.6 is 0 Å². The molecule has 0 aromatic heterocycles. The number of ketones is 1. The Morgan fingerprint density at radius 3 is 2.13 bits per heavy atom. The van der Waals surface area contributed by atoms with Crippen LogP contribution in [0.3, 0.4) is 0 Å². The molecular weight excluding hydrogens is 486 g/mol. The number of para-hydroxylation sites is 1. The molecule has 1 saturated heterocycles. The van der Waals surface area contributed by atoms with E-state index in [1.165, 1.54) is 26.4 Å². The van der Waals surface area contributed by atoms with Crippen LogP contribution in [-0.2, 0) is 9.53 Å². The Morgan fingerprint density at radius 1 is 0.923 bits per heavy atom. The highest BCUT2D eigenvalue weighted by atomic mass is 16.5. The van der Waals surface area contributed by atoms with Crippen LogP contribution in [0.15, 0.2) is 54.6 Å². The Labute approximate surface area is 228 Å². The summed E-state index contributed by atoms with van der Waals surface area (Å²) in [5.74, 6) is 0.878. The van der Waals surface area contributed by atoms with Gasteiger partial charge in [0, 0.05) is 17.0 Å². The Hall–Kier alpha value is -3.90. The first-order chi connectivity index (χ1) is 18.9. The van der Waals surface area contributed by atoms with Crippen molar-refractivity contribution >= 4 is 23.5 Å². The van der Waals surface area contributed by atoms with Crippen LogP contribution in [0.5, 0.6) is 0 Å². The zero-order valence-electron chi connectivity index (χ0n) is 22.0. The Balaban J connectivity index is 1.42. The summed E-state index contributed by atoms with van der Waals surface area (Å²) in [6, 6.07) is 18.5. The zero-order chi connectivity index (χ0) is 26.9. The summed E-state index contributed by atoms with van der Waals surface area (Å²) in [6.07, 6.45) is 10.4. The molecule has 4 aliphatic carbocycles. The maximum absolute atomic E-state index is 15.1. The van der Waals surface area contributed by atoms with Gasteiger partial charge >= 0.3 is 5.97 Å². The van der Waals surface area contributed by atoms with Crippen LogP contribution in [-0.4, -0.2) is 30.9 Å². The van der Waals surface area contributed by atoms with Crippen molar-refractivity contribution in [1.29, 1.82) is 10.5 Å². The molecule has 0 unspecified atom stereocenters. The second-order valence-electron chi connectivity index (χ2n) is 12.5. The lowest BCUT2D eigenvalue weighted by molar-refractivity contribution is -0.145. The van der Waals surface area contributed by atoms with Crippen molar-refractivity contribution in [2.75, 3.05) is 12.0 Å². The summed E-state index contributed by atoms with van der Waals surface area (Å²) in [4.78, 5) is 29.4. The van der Waals surface area contributed by atoms with Gasteiger partial charge in [-0.25, -0.2) is 4.79 Å². The van der Waals surface area contributed by atoms with Gasteiger partial charge in [-0.3, -0.25) is 4.79 Å². The maximum atomic E-state index is 15.1. The molecule has 2 aromatic rings. The fraction of sp³-hybridized carbons (Fsp3) is 0.455. The number of hydrogen-bond acceptors (Lipinski definition) is 6. The van der Waals surface area contributed by atoms with Crippen molar-refractivity contribution in [1.82, 2.24) is 0 Å². The minimum Gasteiger partial charge on any atom is -0.465 e. The minimum absolute atomic E-state index is 0.200. The van der Waals surface area contributed by atoms with E-state index < -0.39 is 34.8 Å². The molecule has 0 amide bonds. The van der Waals surface area contributed by atoms with Crippen LogP contribution in [0, 0.1) is 51.2 Å². The number of nitriles is 2. The van der Waals surface area contributed by atoms with Crippen molar-refractivity contribution in [2.45, 2.75) is 56.5 Å². The number of Topliss-reactive ketones (excluding diaryl/α,β-unsaturated/α-hetero) is 1. The number of rotatable bonds is 4. The molecule has 39 heavy (non-hydrogen) atoms. The first-order valence-corrected chi connectivity index (χ1v) is 14.0. The lowest BCUT2D eigenvalue weighted by atomic mass is 9.47. The molecule has 3 atom stereocenters. The third-order valence-corrected chi connectivity index (χ3v) is 10.4. The summed E-state index contributed by atoms with van der Waals surface area (Å²) in [5, 5.41) is 21.5. The summed E-state index contributed by atoms with van der Waals surface area (Å²) in [7, 11) is 1.34. The summed E-state index contributed by atoms with van der Waals surface area (Å²) in [6.45, 7) is 0. The molecule has 2 aliphatic heterocycles. The zero-order valence-corrected chi connectivity index (χ0v) is 22.0. The van der Waals surface area contributed by atoms with Gasteiger partial charge in [-0.15, -0.1) is 0 Å². The normalized spacial score (nSPS) is 34.5. The number of ether oxygens (including phenoxy) is 1. The van der Waals surface area contributed by atoms with E-state index in [1.807, 2.05) is 36.4 Å². The van der Waals surface area contributed by atoms with E-state index in [1.54, 1.807) is 24.3 Å². The van der Waals surface area contributed by atoms with Gasteiger partial charge in [-0.2, -0.15) is 10.5 Å². The Bertz CT molecular complexity index is 1430. The molecule has 0 radical (unpaired) electrons. The van der Waals surface area contributed by atoms with E-state index in [-0.39, 0.29) is 5.78 Å². The SMILES string of the molecule is COC(=O)c1ccc([C@@H]2[C@@H](C(=O)C34CC5CC(CC(C5)C3)C4)N3c4ccccc4C=C[C@@H]3C2(C#N)C#N)cc1. The van der Waals surface area contributed by atoms with E-state index in [2.05, 4.69) is 17.0 Å². The molecule has 4 bridgehead atoms. The van der Waals surface area contributed by atoms with Gasteiger partial charge in [-0.1, -0.05) is 42.5 Å². The molecule has 4 saturated carbocycles. The minimum atomic E-state index is -1.47. The Morgan fingerprint density at radius 2 is 1.54 bits per heavy atom. The highest BCUT2D eigenvalue weighted by molar-refractivity contribution is 5.97. The second kappa shape index (κ2) is 8.55. The van der Waals surface area contributed by atoms with E-state index in [9.17, 15) is 15.3 Å². The van der Waals surface area contributed by atoms with Crippen molar-refractivity contribution < 1.29 is 14.3 Å². The van der Waals surface area contributed by atoms with Crippen LogP contribution in [0.25, 0.3) is 6.08 Å². The number of fused-ring (bicyclic) bond motifs is 3. The number of esters is 1. The standard InChI is InChI=1S/C33H31N3O3/c1-39-31(38)25-8-6-24(7-9-25)28-29(30(37)32-15-20-12-21(16-32)14-22(13-20)17-32)36-26-5-3-2-4-23(26)10-11-27(36)33(28,18-34)19-35/h2-11,20-22,27-29H,12-17H2,1H3/t20?,21?,22?,27-,28-,29+,32?/m1/s1. The predicted molar refractivity (Wildman–Crippen MR) is 145 cm³/mol. The van der Waals surface area contributed by atoms with Gasteiger partial charge in [0.05, 0.1) is 36.9 Å². The summed E-state index contributed by atoms with van der Waals surface area (Å²) >= 11 is 0. The molecule has 2 aromatic carbocycles. The van der Waals surface area contributed by atoms with Crippen molar-refractivity contribution in [3.63, 3.8) is 0 Å². The number of methoxy groups -OCH3 is 1. The summed E-state index contributed by atoms with van der Waals surface area (Å²) < 4.78 is 4.88. The first-order valence-electron chi connectivity index (χ1n) is 14.0. The molecular formula is C33H31N3O3. The molecule has 6 aliphatic rings. The topological polar surface area (TPSA) is 94.2 Å². The van der Waals surface area contributed by atoms with Crippen molar-refractivity contribution in [3.8, 4) is 12.1 Å². The molecule has 6 nitrogen and oxygen atoms in total. The van der Waals surface area contributed by atoms with E-state index in [4.69, 9.17) is 4.74 Å². The van der Waals surface area contributed by atoms with Gasteiger partial charge in [0.1, 0.15) is 0 Å². The number of benzene rings is 2. The maximum Gasteiger partial charge on any atom is 0.337 e. The van der Waals surface area contributed by atoms with E-state index >= 15 is 4.79 Å². The monoisotopic (exact) mass is 517 g/mol. The largest absolute Gasteiger partial charge is 0.465 e. The quantitative estimate of drug-likeness (QED) is 0.486. The molecule has 2 heterocycles. The summed E-state index contributed by atoms with van der Waals surface area (Å²) in [5.41, 5.74) is 1.14. The van der Waals surface area contributed by atoms with E-state index in [0.717, 1.165) is 36.1 Å². The fourth-order valence-corrected chi connectivity index (χ4v) is 9.28. The highest BCUT2D eigenvalue weighted by Crippen LogP contribution is 2.63. The number of hydrogen-bond donors (Lipinski definition) is 0. The van der Waals surface area contributed by atoms with Gasteiger partial charge in [0.25, 0.3) is 0 Å². The van der Waals surface area contributed by atoms with Crippen LogP contribution < -0.4 is 4.90 Å².